The zero-order chi connectivity index (χ0) is 5.98. The molecule has 0 spiro atoms. The molecule has 2 atom stereocenters. The van der Waals surface area contributed by atoms with Gasteiger partial charge in [-0.2, -0.15) is 0 Å². The molecule has 0 aliphatic carbocycles. The number of β-amino-alcohol motifs (C(OH)–C–C–N with tert-alkyl or cyclic N) is 1. The molecular weight excluding hydrogens is 104 g/mol. The first-order valence-electron chi connectivity index (χ1n) is 2.93. The van der Waals surface area contributed by atoms with Crippen molar-refractivity contribution in [2.24, 2.45) is 5.73 Å². The highest BCUT2D eigenvalue weighted by Crippen LogP contribution is 1.98. The van der Waals surface area contributed by atoms with Crippen molar-refractivity contribution in [3.05, 3.63) is 0 Å². The monoisotopic (exact) mass is 116 g/mol. The molecule has 8 heavy (non-hydrogen) atoms. The first-order chi connectivity index (χ1) is 3.79. The third kappa shape index (κ3) is 1.43. The van der Waals surface area contributed by atoms with Crippen molar-refractivity contribution >= 4 is 0 Å². The van der Waals surface area contributed by atoms with Gasteiger partial charge in [0.2, 0.25) is 0 Å². The maximum absolute atomic E-state index is 8.94. The van der Waals surface area contributed by atoms with E-state index in [1.54, 1.807) is 0 Å². The van der Waals surface area contributed by atoms with Crippen LogP contribution in [0.5, 0.6) is 0 Å². The Morgan fingerprint density at radius 2 is 2.25 bits per heavy atom. The van der Waals surface area contributed by atoms with E-state index < -0.39 is 0 Å². The predicted molar refractivity (Wildman–Crippen MR) is 31.5 cm³/mol. The quantitative estimate of drug-likeness (QED) is 0.367. The first-order valence-corrected chi connectivity index (χ1v) is 2.93. The predicted octanol–water partition coefficient (Wildman–Crippen LogP) is -1.33. The van der Waals surface area contributed by atoms with Crippen LogP contribution in [0.1, 0.15) is 6.42 Å². The Morgan fingerprint density at radius 1 is 1.50 bits per heavy atom. The number of nitrogens with two attached hydrogens (primary N) is 1. The summed E-state index contributed by atoms with van der Waals surface area (Å²) < 4.78 is 0. The molecule has 1 rings (SSSR count). The summed E-state index contributed by atoms with van der Waals surface area (Å²) in [5.41, 5.74) is 5.50. The maximum Gasteiger partial charge on any atom is 0.0679 e. The van der Waals surface area contributed by atoms with Crippen LogP contribution in [-0.2, 0) is 0 Å². The molecule has 4 N–H and O–H groups in total. The lowest BCUT2D eigenvalue weighted by atomic mass is 10.1. The lowest BCUT2D eigenvalue weighted by molar-refractivity contribution is 0.133. The largest absolute Gasteiger partial charge is 0.392 e. The van der Waals surface area contributed by atoms with Gasteiger partial charge in [0.1, 0.15) is 0 Å². The molecule has 3 heteroatoms. The fourth-order valence-electron chi connectivity index (χ4n) is 0.951. The van der Waals surface area contributed by atoms with Gasteiger partial charge in [-0.3, -0.25) is 0 Å². The van der Waals surface area contributed by atoms with E-state index in [-0.39, 0.29) is 12.1 Å². The Hall–Kier alpha value is -0.120. The first kappa shape index (κ1) is 6.01. The van der Waals surface area contributed by atoms with E-state index >= 15 is 0 Å². The average Bonchev–Trinajstić information content (AvgIpc) is 1.64. The number of nitrogens with one attached hydrogen (secondary N) is 1. The van der Waals surface area contributed by atoms with E-state index in [9.17, 15) is 0 Å². The van der Waals surface area contributed by atoms with Crippen molar-refractivity contribution in [2.75, 3.05) is 13.1 Å². The van der Waals surface area contributed by atoms with E-state index in [2.05, 4.69) is 5.32 Å². The molecule has 0 aromatic heterocycles. The van der Waals surface area contributed by atoms with Gasteiger partial charge in [0.25, 0.3) is 0 Å². The van der Waals surface area contributed by atoms with Crippen LogP contribution in [0.3, 0.4) is 0 Å². The van der Waals surface area contributed by atoms with Crippen molar-refractivity contribution in [1.29, 1.82) is 0 Å². The zero-order valence-electron chi connectivity index (χ0n) is 4.80. The molecule has 48 valence electrons. The number of hydrogen-bond donors (Lipinski definition) is 3. The average molecular weight is 116 g/mol. The van der Waals surface area contributed by atoms with Crippen LogP contribution in [0.15, 0.2) is 0 Å². The van der Waals surface area contributed by atoms with E-state index in [1.165, 1.54) is 0 Å². The van der Waals surface area contributed by atoms with E-state index in [1.807, 2.05) is 0 Å². The summed E-state index contributed by atoms with van der Waals surface area (Å²) >= 11 is 0. The molecule has 0 unspecified atom stereocenters. The molecule has 1 aliphatic rings. The van der Waals surface area contributed by atoms with Gasteiger partial charge in [-0.15, -0.1) is 0 Å². The van der Waals surface area contributed by atoms with Crippen LogP contribution < -0.4 is 11.1 Å². The number of piperidine rings is 1. The number of aliphatic hydroxyl groups is 1. The molecule has 0 aromatic rings. The minimum atomic E-state index is -0.223. The summed E-state index contributed by atoms with van der Waals surface area (Å²) in [4.78, 5) is 0. The molecule has 0 bridgehead atoms. The molecule has 1 heterocycles. The Kier molecular flexibility index (Phi) is 1.83. The Labute approximate surface area is 48.9 Å². The third-order valence-electron chi connectivity index (χ3n) is 1.36. The number of aliphatic hydroxyl groups excluding tert-OH is 1. The maximum atomic E-state index is 8.94. The summed E-state index contributed by atoms with van der Waals surface area (Å²) in [6.45, 7) is 1.55. The van der Waals surface area contributed by atoms with Gasteiger partial charge in [-0.1, -0.05) is 0 Å². The van der Waals surface area contributed by atoms with Crippen LogP contribution in [0.4, 0.5) is 0 Å². The van der Waals surface area contributed by atoms with Gasteiger partial charge in [-0.25, -0.2) is 0 Å². The van der Waals surface area contributed by atoms with Gasteiger partial charge in [0.05, 0.1) is 6.10 Å². The number of hydrogen-bond acceptors (Lipinski definition) is 3. The standard InChI is InChI=1S/C5H12N2O/c6-4-1-5(8)3-7-2-4/h4-5,7-8H,1-3,6H2/t4-,5+/m1/s1. The SMILES string of the molecule is N[C@H]1CNC[C@@H](O)C1. The van der Waals surface area contributed by atoms with Crippen molar-refractivity contribution in [2.45, 2.75) is 18.6 Å². The highest BCUT2D eigenvalue weighted by Gasteiger charge is 2.14. The minimum Gasteiger partial charge on any atom is -0.392 e. The molecule has 1 saturated heterocycles. The van der Waals surface area contributed by atoms with Gasteiger partial charge in [0, 0.05) is 19.1 Å². The molecule has 0 aromatic carbocycles. The normalized spacial score (nSPS) is 39.8. The van der Waals surface area contributed by atoms with E-state index in [4.69, 9.17) is 10.8 Å². The van der Waals surface area contributed by atoms with Crippen molar-refractivity contribution in [1.82, 2.24) is 5.32 Å². The van der Waals surface area contributed by atoms with Gasteiger partial charge < -0.3 is 16.2 Å². The smallest absolute Gasteiger partial charge is 0.0679 e. The summed E-state index contributed by atoms with van der Waals surface area (Å²) in [5.74, 6) is 0. The number of rotatable bonds is 0. The summed E-state index contributed by atoms with van der Waals surface area (Å²) in [6, 6.07) is 0.152. The molecule has 1 aliphatic heterocycles. The summed E-state index contributed by atoms with van der Waals surface area (Å²) in [5, 5.41) is 11.9. The fourth-order valence-corrected chi connectivity index (χ4v) is 0.951. The van der Waals surface area contributed by atoms with Crippen LogP contribution in [0.2, 0.25) is 0 Å². The molecule has 0 amide bonds. The molecular formula is C5H12N2O. The summed E-state index contributed by atoms with van der Waals surface area (Å²) in [7, 11) is 0. The second-order valence-electron chi connectivity index (χ2n) is 2.31. The van der Waals surface area contributed by atoms with Gasteiger partial charge in [-0.05, 0) is 6.42 Å². The topological polar surface area (TPSA) is 58.3 Å². The second kappa shape index (κ2) is 2.44. The van der Waals surface area contributed by atoms with Crippen molar-refractivity contribution in [3.8, 4) is 0 Å². The second-order valence-corrected chi connectivity index (χ2v) is 2.31. The molecule has 0 radical (unpaired) electrons. The van der Waals surface area contributed by atoms with Crippen molar-refractivity contribution < 1.29 is 5.11 Å². The van der Waals surface area contributed by atoms with Crippen LogP contribution in [0.25, 0.3) is 0 Å². The lowest BCUT2D eigenvalue weighted by Crippen LogP contribution is -2.46. The molecule has 0 saturated carbocycles. The molecule has 1 fully saturated rings. The zero-order valence-corrected chi connectivity index (χ0v) is 4.80. The molecule has 3 nitrogen and oxygen atoms in total. The highest BCUT2D eigenvalue weighted by molar-refractivity contribution is 4.76. The van der Waals surface area contributed by atoms with E-state index in [0.717, 1.165) is 13.0 Å². The van der Waals surface area contributed by atoms with Gasteiger partial charge in [0.15, 0.2) is 0 Å². The van der Waals surface area contributed by atoms with Crippen molar-refractivity contribution in [3.63, 3.8) is 0 Å². The lowest BCUT2D eigenvalue weighted by Gasteiger charge is -2.23. The Morgan fingerprint density at radius 3 is 2.62 bits per heavy atom. The van der Waals surface area contributed by atoms with Crippen LogP contribution in [-0.4, -0.2) is 30.3 Å². The highest BCUT2D eigenvalue weighted by atomic mass is 16.3. The minimum absolute atomic E-state index is 0.152. The Balaban J connectivity index is 2.23. The fraction of sp³-hybridized carbons (Fsp3) is 1.00. The van der Waals surface area contributed by atoms with E-state index in [0.29, 0.717) is 6.54 Å². The summed E-state index contributed by atoms with van der Waals surface area (Å²) in [6.07, 6.45) is 0.520. The van der Waals surface area contributed by atoms with Crippen LogP contribution in [0, 0.1) is 0 Å². The Bertz CT molecular complexity index is 68.8. The third-order valence-corrected chi connectivity index (χ3v) is 1.36. The van der Waals surface area contributed by atoms with Crippen LogP contribution >= 0.6 is 0 Å². The van der Waals surface area contributed by atoms with Gasteiger partial charge >= 0.3 is 0 Å².